The Bertz CT molecular complexity index is 1610. The van der Waals surface area contributed by atoms with E-state index in [1.165, 1.54) is 10.6 Å². The molecule has 2 amide bonds. The molecule has 4 rings (SSSR count). The number of morpholine rings is 1. The van der Waals surface area contributed by atoms with Crippen LogP contribution in [0, 0.1) is 20.8 Å². The van der Waals surface area contributed by atoms with E-state index < -0.39 is 16.2 Å². The molecule has 0 radical (unpaired) electrons. The molecular formula is C31H38Cl2N3O8S+. The summed E-state index contributed by atoms with van der Waals surface area (Å²) in [6.07, 6.45) is 3.16. The van der Waals surface area contributed by atoms with Crippen LogP contribution in [-0.4, -0.2) is 73.1 Å². The van der Waals surface area contributed by atoms with Gasteiger partial charge in [0.25, 0.3) is 16.0 Å². The molecule has 1 atom stereocenters. The normalized spacial score (nSPS) is 13.8. The van der Waals surface area contributed by atoms with E-state index in [9.17, 15) is 23.1 Å². The summed E-state index contributed by atoms with van der Waals surface area (Å²) in [5.74, 6) is -0.266. The fraction of sp³-hybridized carbons (Fsp3) is 0.387. The third kappa shape index (κ3) is 10.6. The van der Waals surface area contributed by atoms with Gasteiger partial charge < -0.3 is 19.9 Å². The number of halogens is 2. The average Bonchev–Trinajstić information content (AvgIpc) is 3.01. The van der Waals surface area contributed by atoms with Crippen LogP contribution in [0.3, 0.4) is 0 Å². The Morgan fingerprint density at radius 3 is 2.31 bits per heavy atom. The molecule has 0 aliphatic carbocycles. The number of phenolic OH excluding ortho intramolecular Hbond substituents is 1. The van der Waals surface area contributed by atoms with Crippen LogP contribution in [0.4, 0.5) is 10.5 Å². The van der Waals surface area contributed by atoms with Crippen molar-refractivity contribution in [3.8, 4) is 11.5 Å². The number of phenols is 1. The quantitative estimate of drug-likeness (QED) is 0.169. The highest BCUT2D eigenvalue weighted by atomic mass is 35.5. The van der Waals surface area contributed by atoms with Gasteiger partial charge in [0.1, 0.15) is 18.8 Å². The lowest BCUT2D eigenvalue weighted by molar-refractivity contribution is -0.578. The number of nitrogens with one attached hydrogen (secondary N) is 1. The van der Waals surface area contributed by atoms with E-state index in [0.29, 0.717) is 49.1 Å². The number of anilines is 1. The minimum atomic E-state index is -3.96. The van der Waals surface area contributed by atoms with Crippen molar-refractivity contribution in [1.29, 1.82) is 0 Å². The van der Waals surface area contributed by atoms with Gasteiger partial charge in [-0.25, -0.2) is 4.90 Å². The van der Waals surface area contributed by atoms with Gasteiger partial charge in [-0.05, 0) is 74.6 Å². The van der Waals surface area contributed by atoms with Crippen LogP contribution in [0.25, 0.3) is 0 Å². The van der Waals surface area contributed by atoms with E-state index in [-0.39, 0.29) is 40.6 Å². The number of carbonyl (C=O) groups is 2. The predicted octanol–water partition coefficient (Wildman–Crippen LogP) is 5.13. The Hall–Kier alpha value is -3.42. The summed E-state index contributed by atoms with van der Waals surface area (Å²) in [6.45, 7) is 9.67. The van der Waals surface area contributed by atoms with Crippen molar-refractivity contribution < 1.29 is 41.7 Å². The second-order valence-electron chi connectivity index (χ2n) is 10.5. The number of ether oxygens (including phenoxy) is 2. The van der Waals surface area contributed by atoms with Crippen LogP contribution < -0.4 is 14.6 Å². The van der Waals surface area contributed by atoms with Gasteiger partial charge in [-0.1, -0.05) is 47.8 Å². The molecule has 0 spiro atoms. The van der Waals surface area contributed by atoms with Crippen molar-refractivity contribution in [1.82, 2.24) is 4.90 Å². The van der Waals surface area contributed by atoms with E-state index in [0.717, 1.165) is 16.7 Å². The Kier molecular flexibility index (Phi) is 13.0. The number of amides is 2. The number of benzene rings is 2. The number of rotatable bonds is 8. The summed E-state index contributed by atoms with van der Waals surface area (Å²) in [5, 5.41) is 13.2. The zero-order chi connectivity index (χ0) is 33.3. The molecule has 244 valence electrons. The van der Waals surface area contributed by atoms with Gasteiger partial charge in [-0.3, -0.25) is 9.35 Å². The molecule has 3 aromatic rings. The Labute approximate surface area is 273 Å². The van der Waals surface area contributed by atoms with Gasteiger partial charge in [0.05, 0.1) is 42.1 Å². The van der Waals surface area contributed by atoms with Gasteiger partial charge in [0.15, 0.2) is 11.9 Å². The largest absolute Gasteiger partial charge is 0.504 e. The first-order valence-corrected chi connectivity index (χ1v) is 16.6. The molecule has 2 aromatic carbocycles. The van der Waals surface area contributed by atoms with Gasteiger partial charge in [-0.2, -0.15) is 17.8 Å². The first-order chi connectivity index (χ1) is 21.2. The molecule has 14 heteroatoms. The number of aryl methyl sites for hydroxylation is 3. The number of hydrogen-bond acceptors (Lipinski definition) is 7. The molecule has 0 bridgehead atoms. The lowest BCUT2D eigenvalue weighted by Crippen LogP contribution is -2.55. The van der Waals surface area contributed by atoms with E-state index in [1.807, 2.05) is 39.0 Å². The molecule has 1 aliphatic rings. The van der Waals surface area contributed by atoms with Gasteiger partial charge in [0.2, 0.25) is 0 Å². The van der Waals surface area contributed by atoms with Crippen LogP contribution in [0.1, 0.15) is 35.6 Å². The van der Waals surface area contributed by atoms with Crippen LogP contribution in [0.2, 0.25) is 10.0 Å². The molecule has 2 heterocycles. The molecular weight excluding hydrogens is 645 g/mol. The zero-order valence-corrected chi connectivity index (χ0v) is 27.9. The van der Waals surface area contributed by atoms with Crippen LogP contribution >= 0.6 is 23.2 Å². The van der Waals surface area contributed by atoms with Crippen molar-refractivity contribution in [2.75, 3.05) is 37.4 Å². The Balaban J connectivity index is 0.000000251. The van der Waals surface area contributed by atoms with Crippen molar-refractivity contribution >= 4 is 50.9 Å². The molecule has 1 aromatic heterocycles. The monoisotopic (exact) mass is 682 g/mol. The molecule has 45 heavy (non-hydrogen) atoms. The van der Waals surface area contributed by atoms with E-state index in [1.54, 1.807) is 36.4 Å². The summed E-state index contributed by atoms with van der Waals surface area (Å²) >= 11 is 12.1. The predicted molar refractivity (Wildman–Crippen MR) is 172 cm³/mol. The smallest absolute Gasteiger partial charge is 0.498 e. The highest BCUT2D eigenvalue weighted by molar-refractivity contribution is 7.85. The third-order valence-electron chi connectivity index (χ3n) is 6.99. The summed E-state index contributed by atoms with van der Waals surface area (Å²) in [4.78, 5) is 26.4. The maximum atomic E-state index is 12.6. The van der Waals surface area contributed by atoms with Crippen LogP contribution in [-0.2, 0) is 26.1 Å². The number of aromatic nitrogens is 1. The van der Waals surface area contributed by atoms with E-state index in [2.05, 4.69) is 5.32 Å². The molecule has 3 N–H and O–H groups in total. The van der Waals surface area contributed by atoms with Crippen LogP contribution in [0.15, 0.2) is 48.8 Å². The number of carbonyl (C=O) groups excluding carboxylic acids is 2. The number of pyridine rings is 1. The first kappa shape index (κ1) is 36.1. The molecule has 1 fully saturated rings. The van der Waals surface area contributed by atoms with Crippen molar-refractivity contribution in [2.24, 2.45) is 0 Å². The molecule has 11 nitrogen and oxygen atoms in total. The average molecular weight is 684 g/mol. The SMILES string of the molecule is CCC(Oc1ccc(C)cc1C)C(=O)Nc1cc(Cl)c(C)c(Cl)c1O.O=C(N1CCOCC1)[n+]1ccc(CCS(=O)(=O)O)cc1. The summed E-state index contributed by atoms with van der Waals surface area (Å²) in [7, 11) is -3.96. The highest BCUT2D eigenvalue weighted by Crippen LogP contribution is 2.39. The van der Waals surface area contributed by atoms with Crippen molar-refractivity contribution in [3.63, 3.8) is 0 Å². The molecule has 0 saturated carbocycles. The van der Waals surface area contributed by atoms with Crippen LogP contribution in [0.5, 0.6) is 11.5 Å². The van der Waals surface area contributed by atoms with Gasteiger partial charge >= 0.3 is 6.03 Å². The second-order valence-corrected chi connectivity index (χ2v) is 12.9. The van der Waals surface area contributed by atoms with Crippen molar-refractivity contribution in [3.05, 3.63) is 81.1 Å². The molecule has 1 aliphatic heterocycles. The van der Waals surface area contributed by atoms with Crippen molar-refractivity contribution in [2.45, 2.75) is 46.6 Å². The Morgan fingerprint density at radius 2 is 1.73 bits per heavy atom. The molecule has 1 unspecified atom stereocenters. The van der Waals surface area contributed by atoms with E-state index in [4.69, 9.17) is 37.2 Å². The van der Waals surface area contributed by atoms with Gasteiger partial charge in [-0.15, -0.1) is 0 Å². The second kappa shape index (κ2) is 16.2. The maximum absolute atomic E-state index is 12.6. The fourth-order valence-corrected chi connectivity index (χ4v) is 5.29. The Morgan fingerprint density at radius 1 is 1.09 bits per heavy atom. The minimum absolute atomic E-state index is 0.117. The summed E-state index contributed by atoms with van der Waals surface area (Å²) < 4.78 is 42.5. The first-order valence-electron chi connectivity index (χ1n) is 14.2. The maximum Gasteiger partial charge on any atom is 0.498 e. The standard InChI is InChI=1S/C19H21Cl2NO3.C12H16N2O5S/c1-5-15(25-16-7-6-10(2)8-11(16)3)19(24)22-14-9-13(20)12(4)17(21)18(14)23;15-12(14-6-8-19-9-7-14)13-4-1-11(2-5-13)3-10-20(16,17)18/h6-9,15,23H,5H2,1-4H3,(H,22,24);1-2,4-5H,3,6-10H2/p+1. The van der Waals surface area contributed by atoms with Gasteiger partial charge in [0, 0.05) is 5.02 Å². The summed E-state index contributed by atoms with van der Waals surface area (Å²) in [6, 6.07) is 10.4. The fourth-order valence-electron chi connectivity index (χ4n) is 4.34. The third-order valence-corrected chi connectivity index (χ3v) is 8.57. The molecule has 1 saturated heterocycles. The van der Waals surface area contributed by atoms with E-state index >= 15 is 0 Å². The highest BCUT2D eigenvalue weighted by Gasteiger charge is 2.26. The minimum Gasteiger partial charge on any atom is -0.504 e. The zero-order valence-electron chi connectivity index (χ0n) is 25.5. The lowest BCUT2D eigenvalue weighted by Gasteiger charge is -2.20. The summed E-state index contributed by atoms with van der Waals surface area (Å²) in [5.41, 5.74) is 3.53. The topological polar surface area (TPSA) is 146 Å². The number of nitrogens with zero attached hydrogens (tertiary/aromatic N) is 2. The number of aromatic hydroxyl groups is 1. The number of hydrogen-bond donors (Lipinski definition) is 3. The lowest BCUT2D eigenvalue weighted by atomic mass is 10.1.